The SMILES string of the molecule is CCCN(C)S(=O)(=O)c1cc(C(=O)O)cc(Br)c1C. The van der Waals surface area contributed by atoms with Crippen LogP contribution in [0.2, 0.25) is 0 Å². The van der Waals surface area contributed by atoms with Crippen LogP contribution in [0.1, 0.15) is 29.3 Å². The van der Waals surface area contributed by atoms with Crippen LogP contribution in [0.5, 0.6) is 0 Å². The van der Waals surface area contributed by atoms with Crippen molar-refractivity contribution in [1.29, 1.82) is 0 Å². The topological polar surface area (TPSA) is 74.7 Å². The molecule has 106 valence electrons. The molecule has 0 saturated carbocycles. The summed E-state index contributed by atoms with van der Waals surface area (Å²) in [5.41, 5.74) is 0.453. The van der Waals surface area contributed by atoms with E-state index in [0.717, 1.165) is 0 Å². The number of carbonyl (C=O) groups is 1. The van der Waals surface area contributed by atoms with Gasteiger partial charge >= 0.3 is 5.97 Å². The van der Waals surface area contributed by atoms with Gasteiger partial charge in [0.15, 0.2) is 0 Å². The Balaban J connectivity index is 3.45. The van der Waals surface area contributed by atoms with Crippen molar-refractivity contribution in [2.24, 2.45) is 0 Å². The lowest BCUT2D eigenvalue weighted by Gasteiger charge is -2.18. The van der Waals surface area contributed by atoms with Crippen LogP contribution < -0.4 is 0 Å². The first-order valence-corrected chi connectivity index (χ1v) is 7.95. The van der Waals surface area contributed by atoms with Crippen molar-refractivity contribution in [3.05, 3.63) is 27.7 Å². The highest BCUT2D eigenvalue weighted by atomic mass is 79.9. The third-order valence-electron chi connectivity index (χ3n) is 2.77. The van der Waals surface area contributed by atoms with E-state index in [2.05, 4.69) is 15.9 Å². The minimum Gasteiger partial charge on any atom is -0.478 e. The Labute approximate surface area is 121 Å². The van der Waals surface area contributed by atoms with Crippen molar-refractivity contribution in [2.75, 3.05) is 13.6 Å². The molecule has 1 N–H and O–H groups in total. The maximum absolute atomic E-state index is 12.4. The Kier molecular flexibility index (Phi) is 5.11. The molecule has 0 aliphatic heterocycles. The molecule has 7 heteroatoms. The molecule has 1 aromatic rings. The lowest BCUT2D eigenvalue weighted by atomic mass is 10.1. The van der Waals surface area contributed by atoms with Gasteiger partial charge in [-0.1, -0.05) is 22.9 Å². The van der Waals surface area contributed by atoms with Crippen LogP contribution in [-0.4, -0.2) is 37.4 Å². The third kappa shape index (κ3) is 3.34. The first-order valence-electron chi connectivity index (χ1n) is 5.71. The fourth-order valence-electron chi connectivity index (χ4n) is 1.65. The van der Waals surface area contributed by atoms with Crippen LogP contribution in [0.25, 0.3) is 0 Å². The standard InChI is InChI=1S/C12H16BrNO4S/c1-4-5-14(3)19(17,18)11-7-9(12(15)16)6-10(13)8(11)2/h6-7H,4-5H2,1-3H3,(H,15,16). The summed E-state index contributed by atoms with van der Waals surface area (Å²) in [5, 5.41) is 9.00. The Morgan fingerprint density at radius 1 is 1.42 bits per heavy atom. The van der Waals surface area contributed by atoms with Gasteiger partial charge in [-0.25, -0.2) is 17.5 Å². The molecule has 0 aliphatic carbocycles. The number of hydrogen-bond acceptors (Lipinski definition) is 3. The second kappa shape index (κ2) is 6.02. The molecule has 0 unspecified atom stereocenters. The molecule has 0 atom stereocenters. The third-order valence-corrected chi connectivity index (χ3v) is 5.58. The van der Waals surface area contributed by atoms with Gasteiger partial charge in [0, 0.05) is 18.1 Å². The molecule has 1 rings (SSSR count). The number of sulfonamides is 1. The number of aromatic carboxylic acids is 1. The molecule has 0 amide bonds. The second-order valence-electron chi connectivity index (χ2n) is 4.21. The number of hydrogen-bond donors (Lipinski definition) is 1. The van der Waals surface area contributed by atoms with E-state index in [4.69, 9.17) is 5.11 Å². The van der Waals surface area contributed by atoms with E-state index >= 15 is 0 Å². The molecule has 0 spiro atoms. The highest BCUT2D eigenvalue weighted by molar-refractivity contribution is 9.10. The average Bonchev–Trinajstić information content (AvgIpc) is 2.32. The molecule has 0 radical (unpaired) electrons. The zero-order valence-corrected chi connectivity index (χ0v) is 13.4. The van der Waals surface area contributed by atoms with E-state index in [0.29, 0.717) is 23.0 Å². The lowest BCUT2D eigenvalue weighted by Crippen LogP contribution is -2.28. The summed E-state index contributed by atoms with van der Waals surface area (Å²) in [4.78, 5) is 11.0. The number of benzene rings is 1. The molecule has 1 aromatic carbocycles. The monoisotopic (exact) mass is 349 g/mol. The van der Waals surface area contributed by atoms with E-state index in [1.54, 1.807) is 6.92 Å². The molecule has 0 saturated heterocycles. The van der Waals surface area contributed by atoms with Gasteiger partial charge in [-0.3, -0.25) is 0 Å². The Bertz CT molecular complexity index is 598. The minimum atomic E-state index is -3.67. The number of rotatable bonds is 5. The van der Waals surface area contributed by atoms with Gasteiger partial charge in [-0.15, -0.1) is 0 Å². The largest absolute Gasteiger partial charge is 0.478 e. The summed E-state index contributed by atoms with van der Waals surface area (Å²) >= 11 is 3.20. The number of carboxylic acid groups (broad SMARTS) is 1. The van der Waals surface area contributed by atoms with Crippen LogP contribution in [0, 0.1) is 6.92 Å². The van der Waals surface area contributed by atoms with Gasteiger partial charge in [-0.05, 0) is 31.0 Å². The minimum absolute atomic E-state index is 0.0234. The smallest absolute Gasteiger partial charge is 0.335 e. The van der Waals surface area contributed by atoms with Gasteiger partial charge in [0.1, 0.15) is 0 Å². The Morgan fingerprint density at radius 3 is 2.47 bits per heavy atom. The van der Waals surface area contributed by atoms with Crippen LogP contribution in [0.3, 0.4) is 0 Å². The van der Waals surface area contributed by atoms with Gasteiger partial charge in [0.25, 0.3) is 0 Å². The highest BCUT2D eigenvalue weighted by Gasteiger charge is 2.24. The molecule has 0 fully saturated rings. The van der Waals surface area contributed by atoms with Crippen molar-refractivity contribution < 1.29 is 18.3 Å². The molecule has 0 aromatic heterocycles. The van der Waals surface area contributed by atoms with Crippen LogP contribution in [0.4, 0.5) is 0 Å². The predicted molar refractivity (Wildman–Crippen MR) is 75.9 cm³/mol. The molecule has 19 heavy (non-hydrogen) atoms. The maximum atomic E-state index is 12.4. The molecule has 0 bridgehead atoms. The molecule has 0 heterocycles. The van der Waals surface area contributed by atoms with Crippen molar-refractivity contribution in [3.8, 4) is 0 Å². The Morgan fingerprint density at radius 2 is 2.00 bits per heavy atom. The molecular weight excluding hydrogens is 334 g/mol. The fraction of sp³-hybridized carbons (Fsp3) is 0.417. The number of halogens is 1. The normalized spacial score (nSPS) is 11.8. The number of nitrogens with zero attached hydrogens (tertiary/aromatic N) is 1. The average molecular weight is 350 g/mol. The van der Waals surface area contributed by atoms with Crippen LogP contribution in [-0.2, 0) is 10.0 Å². The van der Waals surface area contributed by atoms with Gasteiger partial charge < -0.3 is 5.11 Å². The van der Waals surface area contributed by atoms with E-state index in [-0.39, 0.29) is 10.5 Å². The van der Waals surface area contributed by atoms with Gasteiger partial charge in [-0.2, -0.15) is 0 Å². The first kappa shape index (κ1) is 16.1. The van der Waals surface area contributed by atoms with E-state index in [9.17, 15) is 13.2 Å². The molecule has 5 nitrogen and oxygen atoms in total. The lowest BCUT2D eigenvalue weighted by molar-refractivity contribution is 0.0696. The number of carboxylic acids is 1. The van der Waals surface area contributed by atoms with Gasteiger partial charge in [0.05, 0.1) is 10.5 Å². The summed E-state index contributed by atoms with van der Waals surface area (Å²) in [6.45, 7) is 3.90. The zero-order valence-electron chi connectivity index (χ0n) is 11.0. The maximum Gasteiger partial charge on any atom is 0.335 e. The summed E-state index contributed by atoms with van der Waals surface area (Å²) in [6, 6.07) is 2.60. The highest BCUT2D eigenvalue weighted by Crippen LogP contribution is 2.27. The van der Waals surface area contributed by atoms with Crippen molar-refractivity contribution in [3.63, 3.8) is 0 Å². The first-order chi connectivity index (χ1) is 8.71. The summed E-state index contributed by atoms with van der Waals surface area (Å²) in [6.07, 6.45) is 0.689. The molecular formula is C12H16BrNO4S. The van der Waals surface area contributed by atoms with E-state index in [1.807, 2.05) is 6.92 Å². The quantitative estimate of drug-likeness (QED) is 0.885. The van der Waals surface area contributed by atoms with E-state index in [1.165, 1.54) is 23.5 Å². The van der Waals surface area contributed by atoms with Crippen molar-refractivity contribution in [1.82, 2.24) is 4.31 Å². The summed E-state index contributed by atoms with van der Waals surface area (Å²) in [7, 11) is -2.18. The van der Waals surface area contributed by atoms with E-state index < -0.39 is 16.0 Å². The van der Waals surface area contributed by atoms with Gasteiger partial charge in [0.2, 0.25) is 10.0 Å². The van der Waals surface area contributed by atoms with Crippen molar-refractivity contribution >= 4 is 31.9 Å². The van der Waals surface area contributed by atoms with Crippen LogP contribution >= 0.6 is 15.9 Å². The molecule has 0 aliphatic rings. The zero-order chi connectivity index (χ0) is 14.8. The van der Waals surface area contributed by atoms with Crippen LogP contribution in [0.15, 0.2) is 21.5 Å². The fourth-order valence-corrected chi connectivity index (χ4v) is 3.77. The summed E-state index contributed by atoms with van der Waals surface area (Å²) < 4.78 is 26.5. The second-order valence-corrected chi connectivity index (χ2v) is 7.08. The summed E-state index contributed by atoms with van der Waals surface area (Å²) in [5.74, 6) is -1.16. The van der Waals surface area contributed by atoms with Crippen molar-refractivity contribution in [2.45, 2.75) is 25.2 Å². The predicted octanol–water partition coefficient (Wildman–Crippen LogP) is 2.49. The Hall–Kier alpha value is -0.920.